The molecular weight excluding hydrogens is 485 g/mol. The van der Waals surface area contributed by atoms with Gasteiger partial charge in [0.05, 0.1) is 33.4 Å². The molecule has 6 nitrogen and oxygen atoms in total. The van der Waals surface area contributed by atoms with Gasteiger partial charge in [0, 0.05) is 17.8 Å². The van der Waals surface area contributed by atoms with Gasteiger partial charge in [-0.25, -0.2) is 0 Å². The highest BCUT2D eigenvalue weighted by Crippen LogP contribution is 2.42. The van der Waals surface area contributed by atoms with Gasteiger partial charge in [-0.1, -0.05) is 35.3 Å². The van der Waals surface area contributed by atoms with Crippen molar-refractivity contribution in [2.24, 2.45) is 0 Å². The number of furan rings is 1. The van der Waals surface area contributed by atoms with E-state index in [4.69, 9.17) is 27.6 Å². The molecule has 3 heterocycles. The number of hydrogen-bond donors (Lipinski definition) is 0. The minimum absolute atomic E-state index is 0.122. The summed E-state index contributed by atoms with van der Waals surface area (Å²) in [7, 11) is 0. The van der Waals surface area contributed by atoms with Crippen LogP contribution in [0.15, 0.2) is 83.6 Å². The van der Waals surface area contributed by atoms with Crippen molar-refractivity contribution in [3.05, 3.63) is 106 Å². The van der Waals surface area contributed by atoms with E-state index in [1.54, 1.807) is 29.4 Å². The molecule has 0 aliphatic carbocycles. The van der Waals surface area contributed by atoms with Gasteiger partial charge >= 0.3 is 0 Å². The summed E-state index contributed by atoms with van der Waals surface area (Å²) >= 11 is 12.2. The van der Waals surface area contributed by atoms with Crippen LogP contribution in [-0.2, 0) is 4.79 Å². The molecule has 35 heavy (non-hydrogen) atoms. The second kappa shape index (κ2) is 9.29. The Hall–Kier alpha value is -3.48. The SMILES string of the molecule is CC(C)N(CC(=O)N1c2ccccc2-n2cccc2C1c1ccco1)C(=O)c1ccc(Cl)c(Cl)c1. The van der Waals surface area contributed by atoms with Crippen LogP contribution < -0.4 is 4.90 Å². The number of carbonyl (C=O) groups is 2. The van der Waals surface area contributed by atoms with Crippen LogP contribution in [0.2, 0.25) is 10.0 Å². The van der Waals surface area contributed by atoms with E-state index < -0.39 is 6.04 Å². The van der Waals surface area contributed by atoms with Crippen LogP contribution in [0.5, 0.6) is 0 Å². The lowest BCUT2D eigenvalue weighted by atomic mass is 10.0. The first-order valence-electron chi connectivity index (χ1n) is 11.2. The lowest BCUT2D eigenvalue weighted by molar-refractivity contribution is -0.120. The Morgan fingerprint density at radius 1 is 0.971 bits per heavy atom. The van der Waals surface area contributed by atoms with Gasteiger partial charge in [-0.3, -0.25) is 14.5 Å². The molecule has 2 amide bonds. The van der Waals surface area contributed by atoms with Crippen LogP contribution in [0, 0.1) is 0 Å². The Balaban J connectivity index is 1.54. The van der Waals surface area contributed by atoms with E-state index in [1.807, 2.05) is 62.5 Å². The highest BCUT2D eigenvalue weighted by Gasteiger charge is 2.38. The molecule has 2 aromatic heterocycles. The first kappa shape index (κ1) is 23.3. The number of rotatable bonds is 5. The van der Waals surface area contributed by atoms with E-state index in [0.29, 0.717) is 16.3 Å². The fourth-order valence-corrected chi connectivity index (χ4v) is 4.78. The molecule has 0 saturated heterocycles. The van der Waals surface area contributed by atoms with Gasteiger partial charge in [0.1, 0.15) is 18.3 Å². The summed E-state index contributed by atoms with van der Waals surface area (Å²) in [6, 6.07) is 19.3. The van der Waals surface area contributed by atoms with Crippen molar-refractivity contribution in [3.63, 3.8) is 0 Å². The molecule has 1 aliphatic rings. The smallest absolute Gasteiger partial charge is 0.254 e. The molecule has 8 heteroatoms. The number of halogens is 2. The largest absolute Gasteiger partial charge is 0.467 e. The number of nitrogens with zero attached hydrogens (tertiary/aromatic N) is 3. The maximum Gasteiger partial charge on any atom is 0.254 e. The van der Waals surface area contributed by atoms with Crippen LogP contribution in [0.1, 0.15) is 41.7 Å². The van der Waals surface area contributed by atoms with Gasteiger partial charge in [-0.2, -0.15) is 0 Å². The quantitative estimate of drug-likeness (QED) is 0.315. The summed E-state index contributed by atoms with van der Waals surface area (Å²) in [4.78, 5) is 30.7. The summed E-state index contributed by atoms with van der Waals surface area (Å²) in [5.41, 5.74) is 2.90. The van der Waals surface area contributed by atoms with E-state index in [-0.39, 0.29) is 29.4 Å². The van der Waals surface area contributed by atoms with Crippen molar-refractivity contribution in [3.8, 4) is 5.69 Å². The predicted molar refractivity (Wildman–Crippen MR) is 136 cm³/mol. The zero-order valence-electron chi connectivity index (χ0n) is 19.2. The Kier molecular flexibility index (Phi) is 6.17. The topological polar surface area (TPSA) is 58.7 Å². The van der Waals surface area contributed by atoms with Gasteiger partial charge in [0.15, 0.2) is 0 Å². The second-order valence-corrected chi connectivity index (χ2v) is 9.44. The Morgan fingerprint density at radius 2 is 1.74 bits per heavy atom. The molecule has 0 saturated carbocycles. The van der Waals surface area contributed by atoms with E-state index in [2.05, 4.69) is 4.57 Å². The van der Waals surface area contributed by atoms with Crippen LogP contribution >= 0.6 is 23.2 Å². The fourth-order valence-electron chi connectivity index (χ4n) is 4.48. The van der Waals surface area contributed by atoms with E-state index >= 15 is 0 Å². The molecule has 178 valence electrons. The Labute approximate surface area is 213 Å². The van der Waals surface area contributed by atoms with Gasteiger partial charge in [-0.05, 0) is 68.4 Å². The molecule has 0 N–H and O–H groups in total. The lowest BCUT2D eigenvalue weighted by Crippen LogP contribution is -2.48. The third-order valence-electron chi connectivity index (χ3n) is 6.16. The molecule has 1 aliphatic heterocycles. The third kappa shape index (κ3) is 4.13. The summed E-state index contributed by atoms with van der Waals surface area (Å²) in [5, 5.41) is 0.653. The minimum Gasteiger partial charge on any atom is -0.467 e. The zero-order chi connectivity index (χ0) is 24.7. The van der Waals surface area contributed by atoms with Crippen LogP contribution in [0.3, 0.4) is 0 Å². The summed E-state index contributed by atoms with van der Waals surface area (Å²) in [6.07, 6.45) is 3.57. The Bertz CT molecular complexity index is 1390. The first-order chi connectivity index (χ1) is 16.9. The number of anilines is 1. The lowest BCUT2D eigenvalue weighted by Gasteiger charge is -2.38. The van der Waals surface area contributed by atoms with Crippen molar-refractivity contribution >= 4 is 40.7 Å². The maximum absolute atomic E-state index is 14.0. The van der Waals surface area contributed by atoms with Crippen LogP contribution in [0.25, 0.3) is 5.69 Å². The van der Waals surface area contributed by atoms with Crippen molar-refractivity contribution in [2.75, 3.05) is 11.4 Å². The van der Waals surface area contributed by atoms with Gasteiger partial charge < -0.3 is 13.9 Å². The van der Waals surface area contributed by atoms with Crippen molar-refractivity contribution in [1.82, 2.24) is 9.47 Å². The molecule has 0 fully saturated rings. The van der Waals surface area contributed by atoms with E-state index in [0.717, 1.165) is 17.1 Å². The third-order valence-corrected chi connectivity index (χ3v) is 6.90. The monoisotopic (exact) mass is 507 g/mol. The number of amides is 2. The van der Waals surface area contributed by atoms with Crippen molar-refractivity contribution in [1.29, 1.82) is 0 Å². The van der Waals surface area contributed by atoms with Gasteiger partial charge in [0.2, 0.25) is 5.91 Å². The molecular formula is C27H23Cl2N3O3. The van der Waals surface area contributed by atoms with Crippen LogP contribution in [-0.4, -0.2) is 33.9 Å². The number of fused-ring (bicyclic) bond motifs is 3. The predicted octanol–water partition coefficient (Wildman–Crippen LogP) is 6.36. The number of benzene rings is 2. The standard InChI is InChI=1S/C27H23Cl2N3O3/c1-17(2)31(27(34)18-11-12-19(28)20(29)15-18)16-25(33)32-22-8-4-3-7-21(22)30-13-5-9-23(30)26(32)24-10-6-14-35-24/h3-15,17,26H,16H2,1-2H3. The van der Waals surface area contributed by atoms with Crippen molar-refractivity contribution < 1.29 is 14.0 Å². The minimum atomic E-state index is -0.475. The highest BCUT2D eigenvalue weighted by atomic mass is 35.5. The normalized spacial score (nSPS) is 14.5. The van der Waals surface area contributed by atoms with Crippen LogP contribution in [0.4, 0.5) is 5.69 Å². The average molecular weight is 508 g/mol. The summed E-state index contributed by atoms with van der Waals surface area (Å²) < 4.78 is 7.84. The molecule has 1 unspecified atom stereocenters. The molecule has 2 aromatic carbocycles. The number of hydrogen-bond acceptors (Lipinski definition) is 3. The van der Waals surface area contributed by atoms with Crippen molar-refractivity contribution in [2.45, 2.75) is 25.9 Å². The van der Waals surface area contributed by atoms with Gasteiger partial charge in [-0.15, -0.1) is 0 Å². The number of para-hydroxylation sites is 2. The molecule has 0 radical (unpaired) electrons. The fraction of sp³-hybridized carbons (Fsp3) is 0.185. The first-order valence-corrected chi connectivity index (χ1v) is 12.0. The Morgan fingerprint density at radius 3 is 2.43 bits per heavy atom. The zero-order valence-corrected chi connectivity index (χ0v) is 20.7. The molecule has 0 bridgehead atoms. The number of carbonyl (C=O) groups excluding carboxylic acids is 2. The summed E-state index contributed by atoms with van der Waals surface area (Å²) in [5.74, 6) is 0.114. The molecule has 4 aromatic rings. The van der Waals surface area contributed by atoms with E-state index in [9.17, 15) is 9.59 Å². The molecule has 1 atom stereocenters. The number of aromatic nitrogens is 1. The summed E-state index contributed by atoms with van der Waals surface area (Å²) in [6.45, 7) is 3.63. The molecule has 5 rings (SSSR count). The highest BCUT2D eigenvalue weighted by molar-refractivity contribution is 6.42. The van der Waals surface area contributed by atoms with Gasteiger partial charge in [0.25, 0.3) is 5.91 Å². The average Bonchev–Trinajstić information content (AvgIpc) is 3.55. The second-order valence-electron chi connectivity index (χ2n) is 8.63. The molecule has 0 spiro atoms. The van der Waals surface area contributed by atoms with E-state index in [1.165, 1.54) is 11.0 Å². The maximum atomic E-state index is 14.0.